The third kappa shape index (κ3) is 8.26. The van der Waals surface area contributed by atoms with Crippen LogP contribution in [-0.4, -0.2) is 23.1 Å². The van der Waals surface area contributed by atoms with Crippen LogP contribution in [0.1, 0.15) is 54.4 Å². The third-order valence-corrected chi connectivity index (χ3v) is 2.68. The summed E-state index contributed by atoms with van der Waals surface area (Å²) in [4.78, 5) is 20.0. The van der Waals surface area contributed by atoms with Crippen LogP contribution in [0.2, 0.25) is 0 Å². The van der Waals surface area contributed by atoms with Gasteiger partial charge in [-0.1, -0.05) is 13.8 Å². The minimum atomic E-state index is -0.722. The van der Waals surface area contributed by atoms with Crippen molar-refractivity contribution in [1.82, 2.24) is 0 Å². The van der Waals surface area contributed by atoms with E-state index in [1.54, 1.807) is 13.8 Å². The maximum atomic E-state index is 10.3. The lowest BCUT2D eigenvalue weighted by molar-refractivity contribution is -0.147. The Morgan fingerprint density at radius 1 is 1.19 bits per heavy atom. The Kier molecular flexibility index (Phi) is 7.86. The number of aliphatic carboxylic acids is 1. The Balaban J connectivity index is 0. The Morgan fingerprint density at radius 2 is 1.62 bits per heavy atom. The zero-order valence-corrected chi connectivity index (χ0v) is 11.2. The van der Waals surface area contributed by atoms with Gasteiger partial charge >= 0.3 is 5.97 Å². The maximum Gasteiger partial charge on any atom is 0.309 e. The van der Waals surface area contributed by atoms with Crippen molar-refractivity contribution in [2.45, 2.75) is 60.0 Å². The van der Waals surface area contributed by atoms with Gasteiger partial charge in [0.2, 0.25) is 0 Å². The molecule has 96 valence electrons. The number of carbonyl (C=O) groups excluding carboxylic acids is 1. The van der Waals surface area contributed by atoms with Gasteiger partial charge in [0, 0.05) is 0 Å². The van der Waals surface area contributed by atoms with Crippen LogP contribution in [-0.2, 0) is 14.3 Å². The van der Waals surface area contributed by atoms with E-state index in [-0.39, 0.29) is 5.60 Å². The number of hydrogen-bond acceptors (Lipinski definition) is 3. The standard InChI is InChI=1S/2C6H12O2/c1-4-6(2,3)8-5-7;1-4-6(2,3)5(7)8/h5H,4H2,1-3H3;4H2,1-3H3,(H,7,8). The molecule has 0 aliphatic heterocycles. The molecule has 0 rings (SSSR count). The molecule has 0 radical (unpaired) electrons. The van der Waals surface area contributed by atoms with E-state index in [1.807, 2.05) is 27.7 Å². The first-order chi connectivity index (χ1) is 7.13. The zero-order valence-electron chi connectivity index (χ0n) is 11.2. The molecule has 4 nitrogen and oxygen atoms in total. The molecule has 0 atom stereocenters. The lowest BCUT2D eigenvalue weighted by Gasteiger charge is -2.19. The molecular formula is C12H24O4. The van der Waals surface area contributed by atoms with Crippen LogP contribution < -0.4 is 0 Å². The molecule has 0 fully saturated rings. The fourth-order valence-electron chi connectivity index (χ4n) is 0.365. The van der Waals surface area contributed by atoms with Gasteiger partial charge in [-0.15, -0.1) is 0 Å². The summed E-state index contributed by atoms with van der Waals surface area (Å²) in [5, 5.41) is 8.44. The molecule has 0 spiro atoms. The van der Waals surface area contributed by atoms with Crippen LogP contribution in [0.15, 0.2) is 0 Å². The molecular weight excluding hydrogens is 208 g/mol. The lowest BCUT2D eigenvalue weighted by atomic mass is 9.91. The van der Waals surface area contributed by atoms with Crippen LogP contribution >= 0.6 is 0 Å². The van der Waals surface area contributed by atoms with Crippen molar-refractivity contribution >= 4 is 12.4 Å². The predicted octanol–water partition coefficient (Wildman–Crippen LogP) is 2.86. The van der Waals surface area contributed by atoms with Gasteiger partial charge in [0.05, 0.1) is 5.41 Å². The van der Waals surface area contributed by atoms with Crippen molar-refractivity contribution in [2.75, 3.05) is 0 Å². The first-order valence-corrected chi connectivity index (χ1v) is 5.47. The highest BCUT2D eigenvalue weighted by Gasteiger charge is 2.23. The van der Waals surface area contributed by atoms with Gasteiger partial charge in [0.25, 0.3) is 6.47 Å². The monoisotopic (exact) mass is 232 g/mol. The third-order valence-electron chi connectivity index (χ3n) is 2.68. The molecule has 0 aromatic rings. The Bertz CT molecular complexity index is 219. The van der Waals surface area contributed by atoms with Crippen LogP contribution in [0, 0.1) is 5.41 Å². The van der Waals surface area contributed by atoms with Gasteiger partial charge in [0.1, 0.15) is 5.60 Å². The van der Waals surface area contributed by atoms with Crippen molar-refractivity contribution in [3.8, 4) is 0 Å². The Labute approximate surface area is 98.0 Å². The summed E-state index contributed by atoms with van der Waals surface area (Å²) in [6.45, 7) is 11.5. The molecule has 0 aliphatic carbocycles. The normalized spacial score (nSPS) is 11.1. The van der Waals surface area contributed by atoms with E-state index in [1.165, 1.54) is 0 Å². The highest BCUT2D eigenvalue weighted by atomic mass is 16.5. The van der Waals surface area contributed by atoms with Crippen molar-refractivity contribution in [2.24, 2.45) is 5.41 Å². The average molecular weight is 232 g/mol. The second kappa shape index (κ2) is 7.25. The van der Waals surface area contributed by atoms with E-state index in [0.29, 0.717) is 12.9 Å². The first kappa shape index (κ1) is 17.3. The minimum Gasteiger partial charge on any atom is -0.481 e. The van der Waals surface area contributed by atoms with Gasteiger partial charge in [-0.2, -0.15) is 0 Å². The molecule has 4 heteroatoms. The molecule has 0 amide bonds. The van der Waals surface area contributed by atoms with Crippen molar-refractivity contribution < 1.29 is 19.4 Å². The largest absolute Gasteiger partial charge is 0.481 e. The summed E-state index contributed by atoms with van der Waals surface area (Å²) in [5.74, 6) is -0.722. The molecule has 0 aliphatic rings. The molecule has 16 heavy (non-hydrogen) atoms. The fourth-order valence-corrected chi connectivity index (χ4v) is 0.365. The smallest absolute Gasteiger partial charge is 0.309 e. The zero-order chi connectivity index (χ0) is 13.4. The molecule has 0 saturated heterocycles. The molecule has 0 heterocycles. The minimum absolute atomic E-state index is 0.276. The quantitative estimate of drug-likeness (QED) is 0.740. The van der Waals surface area contributed by atoms with Gasteiger partial charge < -0.3 is 9.84 Å². The summed E-state index contributed by atoms with van der Waals surface area (Å²) in [5.41, 5.74) is -0.818. The van der Waals surface area contributed by atoms with Crippen molar-refractivity contribution in [3.63, 3.8) is 0 Å². The maximum absolute atomic E-state index is 10.3. The highest BCUT2D eigenvalue weighted by Crippen LogP contribution is 2.18. The number of rotatable bonds is 5. The topological polar surface area (TPSA) is 63.6 Å². The molecule has 0 unspecified atom stereocenters. The van der Waals surface area contributed by atoms with E-state index in [2.05, 4.69) is 0 Å². The number of carbonyl (C=O) groups is 2. The van der Waals surface area contributed by atoms with E-state index in [4.69, 9.17) is 9.84 Å². The Hall–Kier alpha value is -1.06. The second-order valence-electron chi connectivity index (χ2n) is 4.87. The molecule has 0 aromatic carbocycles. The van der Waals surface area contributed by atoms with Crippen LogP contribution in [0.5, 0.6) is 0 Å². The number of ether oxygens (including phenoxy) is 1. The number of hydrogen-bond donors (Lipinski definition) is 1. The average Bonchev–Trinajstić information content (AvgIpc) is 2.18. The number of carboxylic acids is 1. The predicted molar refractivity (Wildman–Crippen MR) is 63.2 cm³/mol. The summed E-state index contributed by atoms with van der Waals surface area (Å²) >= 11 is 0. The summed E-state index contributed by atoms with van der Waals surface area (Å²) in [6.07, 6.45) is 1.54. The summed E-state index contributed by atoms with van der Waals surface area (Å²) < 4.78 is 4.70. The van der Waals surface area contributed by atoms with Crippen molar-refractivity contribution in [3.05, 3.63) is 0 Å². The van der Waals surface area contributed by atoms with E-state index in [0.717, 1.165) is 6.42 Å². The molecule has 1 N–H and O–H groups in total. The van der Waals surface area contributed by atoms with E-state index in [9.17, 15) is 9.59 Å². The molecule has 0 saturated carbocycles. The van der Waals surface area contributed by atoms with E-state index < -0.39 is 11.4 Å². The lowest BCUT2D eigenvalue weighted by Crippen LogP contribution is -2.21. The first-order valence-electron chi connectivity index (χ1n) is 5.47. The molecule has 0 bridgehead atoms. The highest BCUT2D eigenvalue weighted by molar-refractivity contribution is 5.73. The fraction of sp³-hybridized carbons (Fsp3) is 0.833. The van der Waals surface area contributed by atoms with Crippen molar-refractivity contribution in [1.29, 1.82) is 0 Å². The van der Waals surface area contributed by atoms with Crippen LogP contribution in [0.25, 0.3) is 0 Å². The van der Waals surface area contributed by atoms with Gasteiger partial charge in [-0.3, -0.25) is 9.59 Å². The number of carboxylic acid groups (broad SMARTS) is 1. The summed E-state index contributed by atoms with van der Waals surface area (Å²) in [7, 11) is 0. The Morgan fingerprint density at radius 3 is 1.69 bits per heavy atom. The van der Waals surface area contributed by atoms with E-state index >= 15 is 0 Å². The van der Waals surface area contributed by atoms with Crippen LogP contribution in [0.3, 0.4) is 0 Å². The molecule has 0 aromatic heterocycles. The van der Waals surface area contributed by atoms with Gasteiger partial charge in [-0.05, 0) is 40.5 Å². The second-order valence-corrected chi connectivity index (χ2v) is 4.87. The van der Waals surface area contributed by atoms with Gasteiger partial charge in [-0.25, -0.2) is 0 Å². The van der Waals surface area contributed by atoms with Gasteiger partial charge in [0.15, 0.2) is 0 Å². The van der Waals surface area contributed by atoms with Crippen LogP contribution in [0.4, 0.5) is 0 Å². The SMILES string of the molecule is CCC(C)(C)C(=O)O.CCC(C)(C)OC=O. The summed E-state index contributed by atoms with van der Waals surface area (Å²) in [6, 6.07) is 0.